The Morgan fingerprint density at radius 1 is 1.48 bits per heavy atom. The van der Waals surface area contributed by atoms with Gasteiger partial charge in [-0.2, -0.15) is 13.2 Å². The summed E-state index contributed by atoms with van der Waals surface area (Å²) in [6.07, 6.45) is -4.83. The molecule has 1 aromatic rings. The van der Waals surface area contributed by atoms with Gasteiger partial charge in [0.15, 0.2) is 0 Å². The van der Waals surface area contributed by atoms with E-state index < -0.39 is 17.8 Å². The Kier molecular flexibility index (Phi) is 5.84. The Bertz CT molecular complexity index is 530. The maximum absolute atomic E-state index is 12.6. The average molecular weight is 333 g/mol. The van der Waals surface area contributed by atoms with Crippen molar-refractivity contribution < 1.29 is 32.5 Å². The fraction of sp³-hybridized carbons (Fsp3) is 0.533. The summed E-state index contributed by atoms with van der Waals surface area (Å²) in [6.45, 7) is 0.652. The molecule has 128 valence electrons. The van der Waals surface area contributed by atoms with Crippen LogP contribution in [-0.2, 0) is 15.7 Å². The molecule has 1 heterocycles. The highest BCUT2D eigenvalue weighted by Crippen LogP contribution is 2.31. The summed E-state index contributed by atoms with van der Waals surface area (Å²) >= 11 is 0. The normalized spacial score (nSPS) is 19.4. The van der Waals surface area contributed by atoms with Gasteiger partial charge in [0.25, 0.3) is 0 Å². The predicted octanol–water partition coefficient (Wildman–Crippen LogP) is 1.60. The Hall–Kier alpha value is -1.80. The summed E-state index contributed by atoms with van der Waals surface area (Å²) in [6, 6.07) is 4.40. The second kappa shape index (κ2) is 7.65. The van der Waals surface area contributed by atoms with Crippen molar-refractivity contribution in [3.8, 4) is 5.75 Å². The van der Waals surface area contributed by atoms with Crippen LogP contribution in [-0.4, -0.2) is 43.5 Å². The molecule has 1 aromatic carbocycles. The molecule has 2 N–H and O–H groups in total. The minimum absolute atomic E-state index is 0.00870. The Balaban J connectivity index is 1.75. The molecular weight excluding hydrogens is 315 g/mol. The highest BCUT2D eigenvalue weighted by Gasteiger charge is 2.30. The van der Waals surface area contributed by atoms with E-state index in [-0.39, 0.29) is 30.7 Å². The number of alkyl halides is 3. The number of carbonyl (C=O) groups excluding carboxylic acids is 1. The lowest BCUT2D eigenvalue weighted by Gasteiger charge is -2.15. The maximum Gasteiger partial charge on any atom is 0.416 e. The zero-order valence-electron chi connectivity index (χ0n) is 12.3. The van der Waals surface area contributed by atoms with E-state index in [1.807, 2.05) is 0 Å². The molecule has 2 rings (SSSR count). The van der Waals surface area contributed by atoms with Crippen LogP contribution in [0.15, 0.2) is 24.3 Å². The smallest absolute Gasteiger partial charge is 0.416 e. The number of aliphatic hydroxyl groups excluding tert-OH is 1. The van der Waals surface area contributed by atoms with Gasteiger partial charge >= 0.3 is 6.18 Å². The van der Waals surface area contributed by atoms with Crippen molar-refractivity contribution in [2.45, 2.75) is 18.7 Å². The molecule has 0 bridgehead atoms. The SMILES string of the molecule is O=C(NCC(O)COc1cccc(C(F)(F)F)c1)C1CCOC1. The molecule has 0 saturated carbocycles. The molecule has 1 aliphatic rings. The number of hydrogen-bond acceptors (Lipinski definition) is 4. The van der Waals surface area contributed by atoms with Gasteiger partial charge in [0.05, 0.1) is 18.1 Å². The Morgan fingerprint density at radius 3 is 2.91 bits per heavy atom. The van der Waals surface area contributed by atoms with Crippen LogP contribution in [0.5, 0.6) is 5.75 Å². The molecule has 0 radical (unpaired) electrons. The molecule has 1 saturated heterocycles. The summed E-state index contributed by atoms with van der Waals surface area (Å²) in [7, 11) is 0. The molecular formula is C15H18F3NO4. The Morgan fingerprint density at radius 2 is 2.26 bits per heavy atom. The van der Waals surface area contributed by atoms with Crippen molar-refractivity contribution in [1.29, 1.82) is 0 Å². The number of rotatable bonds is 6. The minimum atomic E-state index is -4.45. The number of amides is 1. The molecule has 0 spiro atoms. The van der Waals surface area contributed by atoms with Gasteiger partial charge in [0.2, 0.25) is 5.91 Å². The van der Waals surface area contributed by atoms with E-state index in [1.165, 1.54) is 12.1 Å². The number of carbonyl (C=O) groups is 1. The van der Waals surface area contributed by atoms with Gasteiger partial charge in [-0.05, 0) is 24.6 Å². The van der Waals surface area contributed by atoms with E-state index in [1.54, 1.807) is 0 Å². The average Bonchev–Trinajstić information content (AvgIpc) is 3.04. The van der Waals surface area contributed by atoms with Crippen LogP contribution in [0.4, 0.5) is 13.2 Å². The van der Waals surface area contributed by atoms with Crippen LogP contribution in [0, 0.1) is 5.92 Å². The first-order chi connectivity index (χ1) is 10.9. The summed E-state index contributed by atoms with van der Waals surface area (Å²) < 4.78 is 47.9. The van der Waals surface area contributed by atoms with Crippen LogP contribution in [0.25, 0.3) is 0 Å². The first kappa shape index (κ1) is 17.6. The van der Waals surface area contributed by atoms with Crippen LogP contribution >= 0.6 is 0 Å². The van der Waals surface area contributed by atoms with Gasteiger partial charge in [-0.25, -0.2) is 0 Å². The minimum Gasteiger partial charge on any atom is -0.491 e. The quantitative estimate of drug-likeness (QED) is 0.830. The fourth-order valence-electron chi connectivity index (χ4n) is 2.12. The summed E-state index contributed by atoms with van der Waals surface area (Å²) in [5.74, 6) is -0.415. The number of nitrogens with one attached hydrogen (secondary N) is 1. The molecule has 8 heteroatoms. The van der Waals surface area contributed by atoms with Gasteiger partial charge in [0, 0.05) is 13.2 Å². The van der Waals surface area contributed by atoms with E-state index in [2.05, 4.69) is 5.32 Å². The van der Waals surface area contributed by atoms with E-state index in [0.717, 1.165) is 12.1 Å². The third-order valence-corrected chi connectivity index (χ3v) is 3.42. The second-order valence-electron chi connectivity index (χ2n) is 5.30. The van der Waals surface area contributed by atoms with Crippen molar-refractivity contribution in [1.82, 2.24) is 5.32 Å². The van der Waals surface area contributed by atoms with Crippen LogP contribution in [0.2, 0.25) is 0 Å². The number of halogens is 3. The molecule has 1 aliphatic heterocycles. The zero-order chi connectivity index (χ0) is 16.9. The monoisotopic (exact) mass is 333 g/mol. The second-order valence-corrected chi connectivity index (χ2v) is 5.30. The summed E-state index contributed by atoms with van der Waals surface area (Å²) in [5.41, 5.74) is -0.820. The standard InChI is InChI=1S/C15H18F3NO4/c16-15(17,18)11-2-1-3-13(6-11)23-9-12(20)7-19-14(21)10-4-5-22-8-10/h1-3,6,10,12,20H,4-5,7-9H2,(H,19,21). The van der Waals surface area contributed by atoms with Crippen LogP contribution < -0.4 is 10.1 Å². The van der Waals surface area contributed by atoms with Crippen molar-refractivity contribution in [2.75, 3.05) is 26.4 Å². The number of aliphatic hydroxyl groups is 1. The number of ether oxygens (including phenoxy) is 2. The molecule has 23 heavy (non-hydrogen) atoms. The third-order valence-electron chi connectivity index (χ3n) is 3.42. The van der Waals surface area contributed by atoms with Gasteiger partial charge < -0.3 is 19.9 Å². The maximum atomic E-state index is 12.6. The number of benzene rings is 1. The molecule has 2 unspecified atom stereocenters. The van der Waals surface area contributed by atoms with E-state index in [0.29, 0.717) is 19.6 Å². The van der Waals surface area contributed by atoms with Crippen LogP contribution in [0.3, 0.4) is 0 Å². The first-order valence-electron chi connectivity index (χ1n) is 7.20. The highest BCUT2D eigenvalue weighted by atomic mass is 19.4. The largest absolute Gasteiger partial charge is 0.491 e. The first-order valence-corrected chi connectivity index (χ1v) is 7.20. The fourth-order valence-corrected chi connectivity index (χ4v) is 2.12. The van der Waals surface area contributed by atoms with Crippen molar-refractivity contribution in [3.63, 3.8) is 0 Å². The lowest BCUT2D eigenvalue weighted by molar-refractivity contribution is -0.137. The van der Waals surface area contributed by atoms with E-state index >= 15 is 0 Å². The molecule has 1 fully saturated rings. The topological polar surface area (TPSA) is 67.8 Å². The van der Waals surface area contributed by atoms with Crippen molar-refractivity contribution >= 4 is 5.91 Å². The molecule has 1 amide bonds. The zero-order valence-corrected chi connectivity index (χ0v) is 12.3. The van der Waals surface area contributed by atoms with Crippen molar-refractivity contribution in [3.05, 3.63) is 29.8 Å². The van der Waals surface area contributed by atoms with Gasteiger partial charge in [0.1, 0.15) is 18.5 Å². The van der Waals surface area contributed by atoms with Gasteiger partial charge in [-0.15, -0.1) is 0 Å². The molecule has 0 aromatic heterocycles. The summed E-state index contributed by atoms with van der Waals surface area (Å²) in [4.78, 5) is 11.7. The molecule has 0 aliphatic carbocycles. The Labute approximate surface area is 131 Å². The van der Waals surface area contributed by atoms with E-state index in [9.17, 15) is 23.1 Å². The van der Waals surface area contributed by atoms with Gasteiger partial charge in [-0.3, -0.25) is 4.79 Å². The number of hydrogen-bond donors (Lipinski definition) is 2. The predicted molar refractivity (Wildman–Crippen MR) is 74.9 cm³/mol. The van der Waals surface area contributed by atoms with E-state index in [4.69, 9.17) is 9.47 Å². The molecule has 2 atom stereocenters. The van der Waals surface area contributed by atoms with Gasteiger partial charge in [-0.1, -0.05) is 6.07 Å². The highest BCUT2D eigenvalue weighted by molar-refractivity contribution is 5.78. The molecule has 5 nitrogen and oxygen atoms in total. The summed E-state index contributed by atoms with van der Waals surface area (Å²) in [5, 5.41) is 12.3. The van der Waals surface area contributed by atoms with Crippen LogP contribution in [0.1, 0.15) is 12.0 Å². The lowest BCUT2D eigenvalue weighted by Crippen LogP contribution is -2.38. The third kappa shape index (κ3) is 5.40. The lowest BCUT2D eigenvalue weighted by atomic mass is 10.1. The van der Waals surface area contributed by atoms with Crippen molar-refractivity contribution in [2.24, 2.45) is 5.92 Å².